The van der Waals surface area contributed by atoms with Crippen LogP contribution in [-0.4, -0.2) is 34.0 Å². The van der Waals surface area contributed by atoms with Crippen LogP contribution in [0.2, 0.25) is 10.0 Å². The number of para-hydroxylation sites is 1. The van der Waals surface area contributed by atoms with Crippen LogP contribution in [0.1, 0.15) is 11.1 Å². The molecule has 192 valence electrons. The van der Waals surface area contributed by atoms with Gasteiger partial charge in [0.1, 0.15) is 18.9 Å². The fourth-order valence-electron chi connectivity index (χ4n) is 3.14. The normalized spacial score (nSPS) is 11.7. The van der Waals surface area contributed by atoms with Gasteiger partial charge in [-0.1, -0.05) is 53.0 Å². The molecule has 0 saturated heterocycles. The summed E-state index contributed by atoms with van der Waals surface area (Å²) in [6.45, 7) is 0.999. The Morgan fingerprint density at radius 3 is 2.31 bits per heavy atom. The highest BCUT2D eigenvalue weighted by atomic mass is 35.5. The number of hydrogen-bond donors (Lipinski definition) is 1. The molecule has 1 amide bonds. The first kappa shape index (κ1) is 27.6. The average molecular weight is 561 g/mol. The molecule has 0 fully saturated rings. The second kappa shape index (κ2) is 11.4. The molecule has 3 aromatic rings. The van der Waals surface area contributed by atoms with E-state index in [1.165, 1.54) is 12.1 Å². The molecule has 12 heteroatoms. The van der Waals surface area contributed by atoms with Gasteiger partial charge in [-0.3, -0.25) is 9.10 Å². The standard InChI is InChI=1S/C24H21Cl2F3N2O4S/c1-16-6-9-18(10-7-16)36(33,34)31(17-8-11-20(25)19(14-17)24(27,28)29)15-23(32)30-12-13-35-22-5-3-2-4-21(22)26/h2-11,14H,12-13,15H2,1H3,(H,30,32). The zero-order valence-electron chi connectivity index (χ0n) is 18.9. The van der Waals surface area contributed by atoms with E-state index in [1.807, 2.05) is 0 Å². The van der Waals surface area contributed by atoms with Gasteiger partial charge in [0.2, 0.25) is 5.91 Å². The summed E-state index contributed by atoms with van der Waals surface area (Å²) in [5.41, 5.74) is -0.809. The van der Waals surface area contributed by atoms with E-state index < -0.39 is 39.2 Å². The zero-order valence-corrected chi connectivity index (χ0v) is 21.2. The maximum atomic E-state index is 13.4. The Kier molecular flexibility index (Phi) is 8.76. The number of alkyl halides is 3. The van der Waals surface area contributed by atoms with Gasteiger partial charge in [0.15, 0.2) is 0 Å². The van der Waals surface area contributed by atoms with E-state index in [0.29, 0.717) is 21.1 Å². The van der Waals surface area contributed by atoms with Crippen molar-refractivity contribution in [3.05, 3.63) is 87.9 Å². The Labute approximate surface area is 216 Å². The number of hydrogen-bond acceptors (Lipinski definition) is 4. The smallest absolute Gasteiger partial charge is 0.417 e. The molecule has 0 radical (unpaired) electrons. The molecule has 3 aromatic carbocycles. The van der Waals surface area contributed by atoms with E-state index in [0.717, 1.165) is 17.7 Å². The van der Waals surface area contributed by atoms with Crippen molar-refractivity contribution < 1.29 is 31.1 Å². The molecule has 36 heavy (non-hydrogen) atoms. The molecule has 0 spiro atoms. The third-order valence-corrected chi connectivity index (χ3v) is 7.39. The quantitative estimate of drug-likeness (QED) is 0.340. The van der Waals surface area contributed by atoms with E-state index >= 15 is 0 Å². The van der Waals surface area contributed by atoms with Gasteiger partial charge < -0.3 is 10.1 Å². The summed E-state index contributed by atoms with van der Waals surface area (Å²) >= 11 is 11.7. The van der Waals surface area contributed by atoms with E-state index in [2.05, 4.69) is 5.32 Å². The van der Waals surface area contributed by atoms with Gasteiger partial charge >= 0.3 is 6.18 Å². The largest absolute Gasteiger partial charge is 0.490 e. The molecule has 0 saturated carbocycles. The molecule has 0 aliphatic carbocycles. The van der Waals surface area contributed by atoms with Crippen molar-refractivity contribution in [3.8, 4) is 5.75 Å². The van der Waals surface area contributed by atoms with Crippen LogP contribution < -0.4 is 14.4 Å². The number of nitrogens with zero attached hydrogens (tertiary/aromatic N) is 1. The Morgan fingerprint density at radius 1 is 1.00 bits per heavy atom. The van der Waals surface area contributed by atoms with E-state index in [-0.39, 0.29) is 23.7 Å². The summed E-state index contributed by atoms with van der Waals surface area (Å²) in [4.78, 5) is 12.5. The third kappa shape index (κ3) is 6.83. The highest BCUT2D eigenvalue weighted by Crippen LogP contribution is 2.38. The Bertz CT molecular complexity index is 1330. The number of rotatable bonds is 9. The minimum absolute atomic E-state index is 0.00308. The number of benzene rings is 3. The van der Waals surface area contributed by atoms with Crippen LogP contribution in [0.25, 0.3) is 0 Å². The summed E-state index contributed by atoms with van der Waals surface area (Å²) in [5, 5.41) is 2.28. The molecular weight excluding hydrogens is 540 g/mol. The lowest BCUT2D eigenvalue weighted by molar-refractivity contribution is -0.137. The zero-order chi connectivity index (χ0) is 26.5. The van der Waals surface area contributed by atoms with Crippen molar-refractivity contribution in [2.45, 2.75) is 18.0 Å². The fraction of sp³-hybridized carbons (Fsp3) is 0.208. The molecule has 6 nitrogen and oxygen atoms in total. The third-order valence-electron chi connectivity index (χ3n) is 4.96. The van der Waals surface area contributed by atoms with Crippen molar-refractivity contribution in [3.63, 3.8) is 0 Å². The lowest BCUT2D eigenvalue weighted by Gasteiger charge is -2.25. The number of ether oxygens (including phenoxy) is 1. The summed E-state index contributed by atoms with van der Waals surface area (Å²) in [6, 6.07) is 15.1. The monoisotopic (exact) mass is 560 g/mol. The Hall–Kier alpha value is -2.95. The summed E-state index contributed by atoms with van der Waals surface area (Å²) < 4.78 is 73.1. The SMILES string of the molecule is Cc1ccc(S(=O)(=O)N(CC(=O)NCCOc2ccccc2Cl)c2ccc(Cl)c(C(F)(F)F)c2)cc1. The van der Waals surface area contributed by atoms with Crippen LogP contribution in [0.4, 0.5) is 18.9 Å². The highest BCUT2D eigenvalue weighted by Gasteiger charge is 2.35. The first-order chi connectivity index (χ1) is 16.9. The van der Waals surface area contributed by atoms with Crippen molar-refractivity contribution >= 4 is 44.8 Å². The molecule has 0 aromatic heterocycles. The number of anilines is 1. The number of nitrogens with one attached hydrogen (secondary N) is 1. The van der Waals surface area contributed by atoms with Gasteiger partial charge in [-0.05, 0) is 49.4 Å². The molecular formula is C24H21Cl2F3N2O4S. The van der Waals surface area contributed by atoms with Gasteiger partial charge in [-0.15, -0.1) is 0 Å². The molecule has 0 aliphatic heterocycles. The van der Waals surface area contributed by atoms with E-state index in [4.69, 9.17) is 27.9 Å². The van der Waals surface area contributed by atoms with Crippen LogP contribution >= 0.6 is 23.2 Å². The molecule has 0 bridgehead atoms. The summed E-state index contributed by atoms with van der Waals surface area (Å²) in [5.74, 6) is -0.352. The van der Waals surface area contributed by atoms with Gasteiger partial charge in [-0.2, -0.15) is 13.2 Å². The number of aryl methyl sites for hydroxylation is 1. The second-order valence-electron chi connectivity index (χ2n) is 7.62. The van der Waals surface area contributed by atoms with Gasteiger partial charge in [-0.25, -0.2) is 8.42 Å². The highest BCUT2D eigenvalue weighted by molar-refractivity contribution is 7.92. The van der Waals surface area contributed by atoms with Crippen LogP contribution in [0, 0.1) is 6.92 Å². The average Bonchev–Trinajstić information content (AvgIpc) is 2.81. The lowest BCUT2D eigenvalue weighted by atomic mass is 10.2. The molecule has 0 heterocycles. The predicted octanol–water partition coefficient (Wildman–Crippen LogP) is 5.71. The first-order valence-corrected chi connectivity index (χ1v) is 12.7. The van der Waals surface area contributed by atoms with Crippen LogP contribution in [0.3, 0.4) is 0 Å². The molecule has 0 atom stereocenters. The van der Waals surface area contributed by atoms with Gasteiger partial charge in [0.05, 0.1) is 32.7 Å². The number of carbonyl (C=O) groups excluding carboxylic acids is 1. The van der Waals surface area contributed by atoms with Crippen LogP contribution in [0.5, 0.6) is 5.75 Å². The summed E-state index contributed by atoms with van der Waals surface area (Å²) in [7, 11) is -4.41. The van der Waals surface area contributed by atoms with Crippen molar-refractivity contribution in [1.82, 2.24) is 5.32 Å². The molecule has 3 rings (SSSR count). The molecule has 0 aliphatic rings. The van der Waals surface area contributed by atoms with Crippen molar-refractivity contribution in [1.29, 1.82) is 0 Å². The van der Waals surface area contributed by atoms with Crippen molar-refractivity contribution in [2.24, 2.45) is 0 Å². The minimum atomic E-state index is -4.83. The minimum Gasteiger partial charge on any atom is -0.490 e. The van der Waals surface area contributed by atoms with Gasteiger partial charge in [0.25, 0.3) is 10.0 Å². The van der Waals surface area contributed by atoms with Gasteiger partial charge in [0, 0.05) is 0 Å². The van der Waals surface area contributed by atoms with Crippen LogP contribution in [0.15, 0.2) is 71.6 Å². The molecule has 0 unspecified atom stereocenters. The topological polar surface area (TPSA) is 75.7 Å². The van der Waals surface area contributed by atoms with E-state index in [9.17, 15) is 26.4 Å². The second-order valence-corrected chi connectivity index (χ2v) is 10.3. The fourth-order valence-corrected chi connectivity index (χ4v) is 4.97. The lowest BCUT2D eigenvalue weighted by Crippen LogP contribution is -2.42. The van der Waals surface area contributed by atoms with Crippen LogP contribution in [-0.2, 0) is 21.0 Å². The molecule has 1 N–H and O–H groups in total. The maximum absolute atomic E-state index is 13.4. The predicted molar refractivity (Wildman–Crippen MR) is 132 cm³/mol. The number of halogens is 5. The number of carbonyl (C=O) groups is 1. The first-order valence-electron chi connectivity index (χ1n) is 10.5. The maximum Gasteiger partial charge on any atom is 0.417 e. The number of amides is 1. The van der Waals surface area contributed by atoms with Crippen molar-refractivity contribution in [2.75, 3.05) is 24.0 Å². The number of sulfonamides is 1. The summed E-state index contributed by atoms with van der Waals surface area (Å²) in [6.07, 6.45) is -4.83. The Morgan fingerprint density at radius 2 is 1.67 bits per heavy atom. The Balaban J connectivity index is 1.84. The van der Waals surface area contributed by atoms with E-state index in [1.54, 1.807) is 43.3 Å².